The number of nitrogens with zero attached hydrogens (tertiary/aromatic N) is 1. The Labute approximate surface area is 182 Å². The summed E-state index contributed by atoms with van der Waals surface area (Å²) in [6.45, 7) is 7.62. The third-order valence-corrected chi connectivity index (χ3v) is 5.04. The van der Waals surface area contributed by atoms with Crippen LogP contribution in [-0.4, -0.2) is 70.0 Å². The number of carboxylic acid groups (broad SMARTS) is 1. The number of aliphatic carboxylic acids is 1. The third kappa shape index (κ3) is 6.93. The smallest absolute Gasteiger partial charge is 0.410 e. The minimum Gasteiger partial charge on any atom is -0.478 e. The molecule has 0 spiro atoms. The molecule has 2 heterocycles. The second kappa shape index (κ2) is 10.6. The van der Waals surface area contributed by atoms with Gasteiger partial charge in [-0.1, -0.05) is 30.3 Å². The van der Waals surface area contributed by atoms with E-state index in [4.69, 9.17) is 9.84 Å². The summed E-state index contributed by atoms with van der Waals surface area (Å²) in [5.41, 5.74) is -0.00830. The summed E-state index contributed by atoms with van der Waals surface area (Å²) < 4.78 is 10.1. The van der Waals surface area contributed by atoms with E-state index in [0.717, 1.165) is 19.4 Å². The summed E-state index contributed by atoms with van der Waals surface area (Å²) in [5.74, 6) is -1.78. The van der Waals surface area contributed by atoms with E-state index in [-0.39, 0.29) is 30.8 Å². The van der Waals surface area contributed by atoms with E-state index in [1.807, 2.05) is 25.7 Å². The Balaban J connectivity index is 0.000000225. The topological polar surface area (TPSA) is 125 Å². The van der Waals surface area contributed by atoms with Crippen molar-refractivity contribution in [3.63, 3.8) is 0 Å². The molecule has 9 heteroatoms. The average molecular weight is 437 g/mol. The number of amides is 1. The SMILES string of the molecule is CC(=O)O[C@H](C(=O)O)c1ccccc1.CC(C)(C)OC(=O)N1[C@H]2CC[C@@H]1[C@@H](CO)NC2. The minimum absolute atomic E-state index is 0.0127. The second-order valence-electron chi connectivity index (χ2n) is 8.62. The zero-order valence-electron chi connectivity index (χ0n) is 18.4. The van der Waals surface area contributed by atoms with E-state index in [9.17, 15) is 19.5 Å². The Bertz CT molecular complexity index is 763. The first-order valence-electron chi connectivity index (χ1n) is 10.3. The number of hydrogen-bond acceptors (Lipinski definition) is 7. The molecule has 2 bridgehead atoms. The lowest BCUT2D eigenvalue weighted by atomic mass is 10.1. The van der Waals surface area contributed by atoms with Crippen molar-refractivity contribution in [2.45, 2.75) is 70.4 Å². The monoisotopic (exact) mass is 436 g/mol. The maximum absolute atomic E-state index is 12.1. The van der Waals surface area contributed by atoms with Crippen molar-refractivity contribution in [2.75, 3.05) is 13.2 Å². The van der Waals surface area contributed by atoms with E-state index in [1.54, 1.807) is 30.3 Å². The molecule has 3 rings (SSSR count). The maximum Gasteiger partial charge on any atom is 0.410 e. The van der Waals surface area contributed by atoms with Crippen molar-refractivity contribution < 1.29 is 34.1 Å². The number of rotatable bonds is 4. The fraction of sp³-hybridized carbons (Fsp3) is 0.591. The van der Waals surface area contributed by atoms with E-state index in [2.05, 4.69) is 10.1 Å². The number of hydrogen-bond donors (Lipinski definition) is 3. The average Bonchev–Trinajstić information content (AvgIpc) is 3.00. The molecule has 0 unspecified atom stereocenters. The van der Waals surface area contributed by atoms with Crippen LogP contribution in [0.2, 0.25) is 0 Å². The van der Waals surface area contributed by atoms with Crippen LogP contribution in [0.5, 0.6) is 0 Å². The molecule has 1 aromatic carbocycles. The molecule has 1 aromatic rings. The van der Waals surface area contributed by atoms with Gasteiger partial charge in [-0.25, -0.2) is 9.59 Å². The molecule has 2 fully saturated rings. The summed E-state index contributed by atoms with van der Waals surface area (Å²) in [7, 11) is 0. The highest BCUT2D eigenvalue weighted by atomic mass is 16.6. The number of fused-ring (bicyclic) bond motifs is 2. The predicted molar refractivity (Wildman–Crippen MR) is 112 cm³/mol. The number of aliphatic hydroxyl groups is 1. The Morgan fingerprint density at radius 2 is 1.84 bits per heavy atom. The number of benzene rings is 1. The zero-order chi connectivity index (χ0) is 23.2. The number of piperazine rings is 1. The molecule has 172 valence electrons. The van der Waals surface area contributed by atoms with Gasteiger partial charge in [0, 0.05) is 25.1 Å². The standard InChI is InChI=1S/C12H22N2O3.C10H10O4/c1-12(2,3)17-11(16)14-8-4-5-10(14)9(7-15)13-6-8;1-7(11)14-9(10(12)13)8-5-3-2-4-6-8/h8-10,13,15H,4-7H2,1-3H3;2-6,9H,1H3,(H,12,13)/t8-,9+,10+;9-/m00/s1. The first-order chi connectivity index (χ1) is 14.5. The Hall–Kier alpha value is -2.65. The number of aliphatic hydroxyl groups excluding tert-OH is 1. The molecule has 2 saturated heterocycles. The van der Waals surface area contributed by atoms with Crippen LogP contribution in [-0.2, 0) is 19.1 Å². The molecule has 1 amide bonds. The summed E-state index contributed by atoms with van der Waals surface area (Å²) in [4.78, 5) is 35.4. The second-order valence-corrected chi connectivity index (χ2v) is 8.62. The number of carboxylic acids is 1. The molecular weight excluding hydrogens is 404 g/mol. The Morgan fingerprint density at radius 1 is 1.19 bits per heavy atom. The van der Waals surface area contributed by atoms with Crippen molar-refractivity contribution in [1.29, 1.82) is 0 Å². The van der Waals surface area contributed by atoms with Gasteiger partial charge in [0.25, 0.3) is 0 Å². The molecule has 31 heavy (non-hydrogen) atoms. The number of nitrogens with one attached hydrogen (secondary N) is 1. The van der Waals surface area contributed by atoms with Crippen molar-refractivity contribution in [2.24, 2.45) is 0 Å². The van der Waals surface area contributed by atoms with E-state index in [1.165, 1.54) is 6.92 Å². The van der Waals surface area contributed by atoms with Crippen LogP contribution in [0.3, 0.4) is 0 Å². The van der Waals surface area contributed by atoms with Crippen LogP contribution < -0.4 is 5.32 Å². The van der Waals surface area contributed by atoms with Crippen molar-refractivity contribution in [1.82, 2.24) is 10.2 Å². The van der Waals surface area contributed by atoms with Gasteiger partial charge in [-0.3, -0.25) is 9.69 Å². The van der Waals surface area contributed by atoms with Gasteiger partial charge in [-0.2, -0.15) is 0 Å². The van der Waals surface area contributed by atoms with E-state index in [0.29, 0.717) is 5.56 Å². The normalized spacial score (nSPS) is 23.3. The van der Waals surface area contributed by atoms with Gasteiger partial charge in [0.05, 0.1) is 18.7 Å². The van der Waals surface area contributed by atoms with Gasteiger partial charge < -0.3 is 25.0 Å². The molecule has 0 aliphatic carbocycles. The van der Waals surface area contributed by atoms with Crippen LogP contribution in [0.25, 0.3) is 0 Å². The fourth-order valence-electron chi connectivity index (χ4n) is 3.77. The molecular formula is C22H32N2O7. The highest BCUT2D eigenvalue weighted by Gasteiger charge is 2.45. The molecule has 0 saturated carbocycles. The highest BCUT2D eigenvalue weighted by Crippen LogP contribution is 2.31. The lowest BCUT2D eigenvalue weighted by molar-refractivity contribution is -0.163. The van der Waals surface area contributed by atoms with Crippen molar-refractivity contribution in [3.05, 3.63) is 35.9 Å². The first-order valence-corrected chi connectivity index (χ1v) is 10.3. The molecule has 9 nitrogen and oxygen atoms in total. The summed E-state index contributed by atoms with van der Waals surface area (Å²) in [5, 5.41) is 21.4. The molecule has 0 radical (unpaired) electrons. The highest BCUT2D eigenvalue weighted by molar-refractivity contribution is 5.78. The molecule has 4 atom stereocenters. The largest absolute Gasteiger partial charge is 0.478 e. The number of ether oxygens (including phenoxy) is 2. The van der Waals surface area contributed by atoms with Crippen LogP contribution in [0, 0.1) is 0 Å². The van der Waals surface area contributed by atoms with Gasteiger partial charge in [0.15, 0.2) is 0 Å². The Kier molecular flexibility index (Phi) is 8.41. The fourth-order valence-corrected chi connectivity index (χ4v) is 3.77. The molecule has 2 aliphatic heterocycles. The van der Waals surface area contributed by atoms with Crippen molar-refractivity contribution in [3.8, 4) is 0 Å². The molecule has 3 N–H and O–H groups in total. The van der Waals surface area contributed by atoms with E-state index < -0.39 is 23.6 Å². The van der Waals surface area contributed by atoms with E-state index >= 15 is 0 Å². The van der Waals surface area contributed by atoms with Gasteiger partial charge >= 0.3 is 18.0 Å². The van der Waals surface area contributed by atoms with Gasteiger partial charge in [0.2, 0.25) is 6.10 Å². The number of carbonyl (C=O) groups excluding carboxylic acids is 2. The minimum atomic E-state index is -1.21. The van der Waals surface area contributed by atoms with Crippen LogP contribution in [0.15, 0.2) is 30.3 Å². The molecule has 2 aliphatic rings. The summed E-state index contributed by atoms with van der Waals surface area (Å²) in [6, 6.07) is 8.62. The predicted octanol–water partition coefficient (Wildman–Crippen LogP) is 2.09. The lowest BCUT2D eigenvalue weighted by Gasteiger charge is -2.40. The number of esters is 1. The number of carbonyl (C=O) groups is 3. The van der Waals surface area contributed by atoms with Gasteiger partial charge in [0.1, 0.15) is 5.60 Å². The Morgan fingerprint density at radius 3 is 2.35 bits per heavy atom. The first kappa shape index (κ1) is 24.6. The van der Waals surface area contributed by atoms with Crippen LogP contribution >= 0.6 is 0 Å². The zero-order valence-corrected chi connectivity index (χ0v) is 18.4. The summed E-state index contributed by atoms with van der Waals surface area (Å²) >= 11 is 0. The van der Waals surface area contributed by atoms with Gasteiger partial charge in [-0.15, -0.1) is 0 Å². The maximum atomic E-state index is 12.1. The lowest BCUT2D eigenvalue weighted by Crippen LogP contribution is -2.61. The van der Waals surface area contributed by atoms with Gasteiger partial charge in [-0.05, 0) is 33.6 Å². The quantitative estimate of drug-likeness (QED) is 0.613. The van der Waals surface area contributed by atoms with Crippen molar-refractivity contribution >= 4 is 18.0 Å². The summed E-state index contributed by atoms with van der Waals surface area (Å²) in [6.07, 6.45) is 0.480. The van der Waals surface area contributed by atoms with Crippen LogP contribution in [0.4, 0.5) is 4.79 Å². The van der Waals surface area contributed by atoms with Crippen LogP contribution in [0.1, 0.15) is 52.2 Å². The molecule has 0 aromatic heterocycles. The third-order valence-electron chi connectivity index (χ3n) is 5.04.